The molecular weight excluding hydrogens is 468 g/mol. The number of pyridine rings is 1. The molecule has 1 saturated heterocycles. The highest BCUT2D eigenvalue weighted by Gasteiger charge is 2.27. The summed E-state index contributed by atoms with van der Waals surface area (Å²) >= 11 is 7.28. The van der Waals surface area contributed by atoms with Crippen LogP contribution in [0.2, 0.25) is 0 Å². The SMILES string of the molecule is CCOC(=O)CC(C)NC(=S)N1CCC(c2nc(C)ccc2C(=O)NCCc2cccs2)CC1. The van der Waals surface area contributed by atoms with Gasteiger partial charge in [-0.2, -0.15) is 0 Å². The molecule has 1 aliphatic heterocycles. The Morgan fingerprint density at radius 2 is 2.06 bits per heavy atom. The number of aryl methyl sites for hydroxylation is 1. The van der Waals surface area contributed by atoms with Crippen LogP contribution in [0, 0.1) is 6.92 Å². The number of nitrogens with zero attached hydrogens (tertiary/aromatic N) is 2. The minimum absolute atomic E-state index is 0.0635. The quantitative estimate of drug-likeness (QED) is 0.398. The molecule has 3 heterocycles. The molecule has 1 amide bonds. The van der Waals surface area contributed by atoms with Gasteiger partial charge >= 0.3 is 5.97 Å². The van der Waals surface area contributed by atoms with Crippen LogP contribution in [0.3, 0.4) is 0 Å². The van der Waals surface area contributed by atoms with Crippen molar-refractivity contribution in [2.75, 3.05) is 26.2 Å². The number of piperidine rings is 1. The number of thiocarbonyl (C=S) groups is 1. The molecule has 184 valence electrons. The molecule has 1 atom stereocenters. The highest BCUT2D eigenvalue weighted by Crippen LogP contribution is 2.29. The summed E-state index contributed by atoms with van der Waals surface area (Å²) in [6.07, 6.45) is 2.83. The van der Waals surface area contributed by atoms with Gasteiger partial charge in [0.15, 0.2) is 5.11 Å². The number of carbonyl (C=O) groups is 2. The number of hydrogen-bond donors (Lipinski definition) is 2. The van der Waals surface area contributed by atoms with Gasteiger partial charge in [0.25, 0.3) is 5.91 Å². The zero-order valence-electron chi connectivity index (χ0n) is 20.1. The summed E-state index contributed by atoms with van der Waals surface area (Å²) in [4.78, 5) is 32.8. The number of rotatable bonds is 9. The molecule has 1 unspecified atom stereocenters. The summed E-state index contributed by atoms with van der Waals surface area (Å²) in [5.41, 5.74) is 2.46. The van der Waals surface area contributed by atoms with Crippen LogP contribution < -0.4 is 10.6 Å². The average Bonchev–Trinajstić information content (AvgIpc) is 3.32. The zero-order valence-corrected chi connectivity index (χ0v) is 21.8. The third-order valence-electron chi connectivity index (χ3n) is 5.86. The fraction of sp³-hybridized carbons (Fsp3) is 0.520. The van der Waals surface area contributed by atoms with Gasteiger partial charge in [0.2, 0.25) is 0 Å². The molecule has 0 aliphatic carbocycles. The molecule has 2 N–H and O–H groups in total. The van der Waals surface area contributed by atoms with E-state index in [-0.39, 0.29) is 30.3 Å². The van der Waals surface area contributed by atoms with Gasteiger partial charge in [0, 0.05) is 42.2 Å². The molecule has 0 spiro atoms. The molecule has 2 aromatic heterocycles. The van der Waals surface area contributed by atoms with Gasteiger partial charge in [-0.15, -0.1) is 11.3 Å². The number of likely N-dealkylation sites (tertiary alicyclic amines) is 1. The second-order valence-electron chi connectivity index (χ2n) is 8.59. The van der Waals surface area contributed by atoms with Crippen molar-refractivity contribution in [3.05, 3.63) is 51.5 Å². The Morgan fingerprint density at radius 1 is 1.29 bits per heavy atom. The van der Waals surface area contributed by atoms with E-state index in [9.17, 15) is 9.59 Å². The minimum Gasteiger partial charge on any atom is -0.466 e. The lowest BCUT2D eigenvalue weighted by Crippen LogP contribution is -2.47. The molecule has 9 heteroatoms. The molecule has 1 fully saturated rings. The molecule has 0 saturated carbocycles. The largest absolute Gasteiger partial charge is 0.466 e. The number of nitrogens with one attached hydrogen (secondary N) is 2. The number of thiophene rings is 1. The summed E-state index contributed by atoms with van der Waals surface area (Å²) in [5, 5.41) is 9.00. The van der Waals surface area contributed by atoms with Crippen molar-refractivity contribution in [3.8, 4) is 0 Å². The Morgan fingerprint density at radius 3 is 2.74 bits per heavy atom. The first-order valence-corrected chi connectivity index (χ1v) is 13.1. The van der Waals surface area contributed by atoms with E-state index in [1.807, 2.05) is 37.4 Å². The molecule has 2 aromatic rings. The van der Waals surface area contributed by atoms with Crippen LogP contribution in [0.25, 0.3) is 0 Å². The molecule has 0 radical (unpaired) electrons. The van der Waals surface area contributed by atoms with Crippen molar-refractivity contribution in [3.63, 3.8) is 0 Å². The number of amides is 1. The lowest BCUT2D eigenvalue weighted by atomic mass is 9.90. The first-order valence-electron chi connectivity index (χ1n) is 11.9. The Hall–Kier alpha value is -2.52. The third kappa shape index (κ3) is 7.50. The fourth-order valence-electron chi connectivity index (χ4n) is 4.11. The zero-order chi connectivity index (χ0) is 24.5. The predicted molar refractivity (Wildman–Crippen MR) is 139 cm³/mol. The van der Waals surface area contributed by atoms with Crippen molar-refractivity contribution in [2.24, 2.45) is 0 Å². The van der Waals surface area contributed by atoms with Gasteiger partial charge in [0.05, 0.1) is 24.3 Å². The predicted octanol–water partition coefficient (Wildman–Crippen LogP) is 3.82. The monoisotopic (exact) mass is 502 g/mol. The normalized spacial score (nSPS) is 15.0. The number of aromatic nitrogens is 1. The van der Waals surface area contributed by atoms with E-state index in [1.54, 1.807) is 18.3 Å². The van der Waals surface area contributed by atoms with Crippen LogP contribution in [-0.4, -0.2) is 59.2 Å². The molecule has 0 aromatic carbocycles. The summed E-state index contributed by atoms with van der Waals surface area (Å²) in [5.74, 6) is -0.0869. The maximum Gasteiger partial charge on any atom is 0.307 e. The fourth-order valence-corrected chi connectivity index (χ4v) is 5.20. The van der Waals surface area contributed by atoms with E-state index >= 15 is 0 Å². The second kappa shape index (κ2) is 12.8. The van der Waals surface area contributed by atoms with Gasteiger partial charge < -0.3 is 20.3 Å². The standard InChI is InChI=1S/C25H34N4O3S2/c1-4-32-22(30)16-18(3)28-25(33)29-13-10-19(11-14-29)23-21(8-7-17(2)27-23)24(31)26-12-9-20-6-5-15-34-20/h5-8,15,18-19H,4,9-14,16H2,1-3H3,(H,26,31)(H,28,33). The van der Waals surface area contributed by atoms with E-state index in [2.05, 4.69) is 21.6 Å². The van der Waals surface area contributed by atoms with Crippen molar-refractivity contribution in [2.45, 2.75) is 58.4 Å². The minimum atomic E-state index is -0.226. The average molecular weight is 503 g/mol. The summed E-state index contributed by atoms with van der Waals surface area (Å²) in [6.45, 7) is 8.22. The van der Waals surface area contributed by atoms with Crippen molar-refractivity contribution >= 4 is 40.5 Å². The number of carbonyl (C=O) groups excluding carboxylic acids is 2. The molecule has 3 rings (SSSR count). The Labute approximate surface area is 211 Å². The smallest absolute Gasteiger partial charge is 0.307 e. The first kappa shape index (κ1) is 26.1. The van der Waals surface area contributed by atoms with E-state index in [4.69, 9.17) is 21.9 Å². The highest BCUT2D eigenvalue weighted by molar-refractivity contribution is 7.80. The number of ether oxygens (including phenoxy) is 1. The topological polar surface area (TPSA) is 83.6 Å². The Bertz CT molecular complexity index is 973. The van der Waals surface area contributed by atoms with Crippen LogP contribution in [0.15, 0.2) is 29.6 Å². The summed E-state index contributed by atoms with van der Waals surface area (Å²) < 4.78 is 5.01. The van der Waals surface area contributed by atoms with E-state index < -0.39 is 0 Å². The molecule has 34 heavy (non-hydrogen) atoms. The highest BCUT2D eigenvalue weighted by atomic mass is 32.1. The lowest BCUT2D eigenvalue weighted by molar-refractivity contribution is -0.143. The van der Waals surface area contributed by atoms with Crippen LogP contribution in [0.1, 0.15) is 65.7 Å². The Kier molecular flexibility index (Phi) is 9.83. The van der Waals surface area contributed by atoms with Crippen LogP contribution >= 0.6 is 23.6 Å². The maximum absolute atomic E-state index is 12.9. The lowest BCUT2D eigenvalue weighted by Gasteiger charge is -2.35. The van der Waals surface area contributed by atoms with Gasteiger partial charge in [-0.3, -0.25) is 14.6 Å². The Balaban J connectivity index is 1.55. The first-order chi connectivity index (χ1) is 16.4. The van der Waals surface area contributed by atoms with Crippen LogP contribution in [-0.2, 0) is 16.0 Å². The maximum atomic E-state index is 12.9. The van der Waals surface area contributed by atoms with Crippen LogP contribution in [0.4, 0.5) is 0 Å². The van der Waals surface area contributed by atoms with Crippen molar-refractivity contribution in [1.29, 1.82) is 0 Å². The second-order valence-corrected chi connectivity index (χ2v) is 10.0. The van der Waals surface area contributed by atoms with Gasteiger partial charge in [-0.25, -0.2) is 0 Å². The third-order valence-corrected chi connectivity index (χ3v) is 7.17. The number of hydrogen-bond acceptors (Lipinski definition) is 6. The van der Waals surface area contributed by atoms with Crippen LogP contribution in [0.5, 0.6) is 0 Å². The van der Waals surface area contributed by atoms with E-state index in [0.717, 1.165) is 43.7 Å². The van der Waals surface area contributed by atoms with Crippen molar-refractivity contribution in [1.82, 2.24) is 20.5 Å². The molecule has 0 bridgehead atoms. The molecular formula is C25H34N4O3S2. The van der Waals surface area contributed by atoms with Gasteiger partial charge in [0.1, 0.15) is 0 Å². The van der Waals surface area contributed by atoms with Gasteiger partial charge in [-0.1, -0.05) is 6.07 Å². The van der Waals surface area contributed by atoms with Gasteiger partial charge in [-0.05, 0) is 75.8 Å². The number of esters is 1. The summed E-state index contributed by atoms with van der Waals surface area (Å²) in [7, 11) is 0. The summed E-state index contributed by atoms with van der Waals surface area (Å²) in [6, 6.07) is 7.82. The van der Waals surface area contributed by atoms with E-state index in [0.29, 0.717) is 23.8 Å². The molecule has 7 nitrogen and oxygen atoms in total. The van der Waals surface area contributed by atoms with E-state index in [1.165, 1.54) is 4.88 Å². The van der Waals surface area contributed by atoms with Crippen molar-refractivity contribution < 1.29 is 14.3 Å². The molecule has 1 aliphatic rings.